The van der Waals surface area contributed by atoms with Gasteiger partial charge in [0.2, 0.25) is 0 Å². The van der Waals surface area contributed by atoms with Crippen molar-refractivity contribution in [3.05, 3.63) is 0 Å². The molecule has 22 heavy (non-hydrogen) atoms. The molecule has 0 unspecified atom stereocenters. The number of rotatable bonds is 2. The van der Waals surface area contributed by atoms with E-state index in [2.05, 4.69) is 0 Å². The van der Waals surface area contributed by atoms with Gasteiger partial charge in [-0.1, -0.05) is 0 Å². The van der Waals surface area contributed by atoms with E-state index in [1.54, 1.807) is 48.6 Å². The van der Waals surface area contributed by atoms with E-state index in [-0.39, 0.29) is 19.7 Å². The Balaban J connectivity index is 2.67. The first-order valence-electron chi connectivity index (χ1n) is 7.35. The number of likely N-dealkylation sites (tertiary alicyclic amines) is 1. The summed E-state index contributed by atoms with van der Waals surface area (Å²) in [6, 6.07) is 0. The summed E-state index contributed by atoms with van der Waals surface area (Å²) >= 11 is 0. The number of ether oxygens (including phenoxy) is 2. The molecule has 0 aliphatic carbocycles. The third-order valence-corrected chi connectivity index (χ3v) is 3.30. The number of likely N-dealkylation sites (N-methyl/N-ethyl adjacent to an activating group) is 1. The Kier molecular flexibility index (Phi) is 5.01. The Morgan fingerprint density at radius 1 is 1.09 bits per heavy atom. The number of aliphatic hydroxyl groups is 1. The molecule has 2 amide bonds. The van der Waals surface area contributed by atoms with E-state index >= 15 is 0 Å². The van der Waals surface area contributed by atoms with Gasteiger partial charge in [0, 0.05) is 7.05 Å². The molecule has 1 fully saturated rings. The minimum Gasteiger partial charge on any atom is -0.444 e. The summed E-state index contributed by atoms with van der Waals surface area (Å²) in [4.78, 5) is 26.9. The smallest absolute Gasteiger partial charge is 0.410 e. The van der Waals surface area contributed by atoms with Gasteiger partial charge in [-0.05, 0) is 41.5 Å². The first-order valence-corrected chi connectivity index (χ1v) is 7.35. The van der Waals surface area contributed by atoms with Gasteiger partial charge < -0.3 is 19.5 Å². The maximum Gasteiger partial charge on any atom is 0.410 e. The van der Waals surface area contributed by atoms with Crippen molar-refractivity contribution < 1.29 is 24.2 Å². The van der Waals surface area contributed by atoms with Gasteiger partial charge in [-0.25, -0.2) is 9.59 Å². The normalized spacial score (nSPS) is 17.5. The van der Waals surface area contributed by atoms with Crippen LogP contribution in [-0.4, -0.2) is 70.6 Å². The highest BCUT2D eigenvalue weighted by atomic mass is 16.6. The second-order valence-electron chi connectivity index (χ2n) is 7.76. The Bertz CT molecular complexity index is 430. The van der Waals surface area contributed by atoms with E-state index in [4.69, 9.17) is 9.47 Å². The minimum atomic E-state index is -0.820. The van der Waals surface area contributed by atoms with Crippen LogP contribution in [0.15, 0.2) is 0 Å². The molecule has 0 saturated carbocycles. The second kappa shape index (κ2) is 5.95. The largest absolute Gasteiger partial charge is 0.444 e. The number of aliphatic hydroxyl groups excluding tert-OH is 1. The second-order valence-corrected chi connectivity index (χ2v) is 7.76. The van der Waals surface area contributed by atoms with Crippen LogP contribution in [-0.2, 0) is 9.47 Å². The third kappa shape index (κ3) is 4.50. The highest BCUT2D eigenvalue weighted by molar-refractivity contribution is 5.73. The summed E-state index contributed by atoms with van der Waals surface area (Å²) in [5.41, 5.74) is -2.01. The predicted octanol–water partition coefficient (Wildman–Crippen LogP) is 1.84. The van der Waals surface area contributed by atoms with Crippen molar-refractivity contribution in [2.75, 3.05) is 26.7 Å². The Hall–Kier alpha value is -1.50. The van der Waals surface area contributed by atoms with E-state index in [1.165, 1.54) is 9.80 Å². The van der Waals surface area contributed by atoms with Crippen molar-refractivity contribution in [3.8, 4) is 0 Å². The fourth-order valence-corrected chi connectivity index (χ4v) is 2.06. The maximum absolute atomic E-state index is 12.1. The molecule has 0 aromatic rings. The van der Waals surface area contributed by atoms with Crippen LogP contribution in [0, 0.1) is 0 Å². The molecule has 7 heteroatoms. The fourth-order valence-electron chi connectivity index (χ4n) is 2.06. The summed E-state index contributed by atoms with van der Waals surface area (Å²) in [6.45, 7) is 10.9. The van der Waals surface area contributed by atoms with Crippen LogP contribution in [0.3, 0.4) is 0 Å². The summed E-state index contributed by atoms with van der Waals surface area (Å²) in [7, 11) is 1.57. The molecule has 128 valence electrons. The van der Waals surface area contributed by atoms with Crippen molar-refractivity contribution >= 4 is 12.2 Å². The summed E-state index contributed by atoms with van der Waals surface area (Å²) in [5.74, 6) is 0. The lowest BCUT2D eigenvalue weighted by atomic mass is 9.89. The molecule has 1 aliphatic rings. The van der Waals surface area contributed by atoms with E-state index in [0.717, 1.165) is 0 Å². The van der Waals surface area contributed by atoms with E-state index in [1.807, 2.05) is 0 Å². The zero-order valence-electron chi connectivity index (χ0n) is 14.6. The van der Waals surface area contributed by atoms with Gasteiger partial charge in [0.15, 0.2) is 0 Å². The van der Waals surface area contributed by atoms with Crippen molar-refractivity contribution in [1.82, 2.24) is 9.80 Å². The molecule has 0 aromatic heterocycles. The lowest BCUT2D eigenvalue weighted by Crippen LogP contribution is -2.73. The average molecular weight is 316 g/mol. The minimum absolute atomic E-state index is 0.216. The molecule has 1 heterocycles. The van der Waals surface area contributed by atoms with Crippen molar-refractivity contribution in [2.24, 2.45) is 0 Å². The standard InChI is InChI=1S/C15H28N2O5/c1-13(2,3)21-11(19)16(7)15(10-18)8-17(9-15)12(20)22-14(4,5)6/h18H,8-10H2,1-7H3. The first-order chi connectivity index (χ1) is 9.80. The molecule has 7 nitrogen and oxygen atoms in total. The number of hydrogen-bond acceptors (Lipinski definition) is 5. The molecule has 1 rings (SSSR count). The van der Waals surface area contributed by atoms with Crippen LogP contribution in [0.5, 0.6) is 0 Å². The summed E-state index contributed by atoms with van der Waals surface area (Å²) in [5, 5.41) is 9.66. The van der Waals surface area contributed by atoms with E-state index < -0.39 is 28.9 Å². The van der Waals surface area contributed by atoms with Gasteiger partial charge in [0.25, 0.3) is 0 Å². The van der Waals surface area contributed by atoms with Gasteiger partial charge in [0.1, 0.15) is 16.7 Å². The number of carbonyl (C=O) groups excluding carboxylic acids is 2. The van der Waals surface area contributed by atoms with Crippen LogP contribution < -0.4 is 0 Å². The van der Waals surface area contributed by atoms with Crippen LogP contribution in [0.4, 0.5) is 9.59 Å². The Morgan fingerprint density at radius 3 is 1.91 bits per heavy atom. The first kappa shape index (κ1) is 18.5. The van der Waals surface area contributed by atoms with Crippen molar-refractivity contribution in [2.45, 2.75) is 58.3 Å². The van der Waals surface area contributed by atoms with Crippen LogP contribution >= 0.6 is 0 Å². The van der Waals surface area contributed by atoms with E-state index in [0.29, 0.717) is 0 Å². The molecule has 1 saturated heterocycles. The predicted molar refractivity (Wildman–Crippen MR) is 81.6 cm³/mol. The lowest BCUT2D eigenvalue weighted by Gasteiger charge is -2.53. The molecule has 1 aliphatic heterocycles. The van der Waals surface area contributed by atoms with Gasteiger partial charge >= 0.3 is 12.2 Å². The quantitative estimate of drug-likeness (QED) is 0.841. The number of amides is 2. The highest BCUT2D eigenvalue weighted by Gasteiger charge is 2.51. The average Bonchev–Trinajstić information content (AvgIpc) is 2.23. The lowest BCUT2D eigenvalue weighted by molar-refractivity contribution is -0.0817. The van der Waals surface area contributed by atoms with Crippen molar-refractivity contribution in [3.63, 3.8) is 0 Å². The Morgan fingerprint density at radius 2 is 1.55 bits per heavy atom. The summed E-state index contributed by atoms with van der Waals surface area (Å²) < 4.78 is 10.6. The Labute approximate surface area is 132 Å². The zero-order valence-corrected chi connectivity index (χ0v) is 14.6. The van der Waals surface area contributed by atoms with Crippen LogP contribution in [0.2, 0.25) is 0 Å². The zero-order chi connectivity index (χ0) is 17.3. The molecular formula is C15H28N2O5. The topological polar surface area (TPSA) is 79.3 Å². The SMILES string of the molecule is CN(C(=O)OC(C)(C)C)C1(CO)CN(C(=O)OC(C)(C)C)C1. The molecular weight excluding hydrogens is 288 g/mol. The molecule has 0 aromatic carbocycles. The van der Waals surface area contributed by atoms with Crippen molar-refractivity contribution in [1.29, 1.82) is 0 Å². The third-order valence-electron chi connectivity index (χ3n) is 3.30. The molecule has 0 radical (unpaired) electrons. The van der Waals surface area contributed by atoms with Gasteiger partial charge in [-0.2, -0.15) is 0 Å². The molecule has 0 atom stereocenters. The van der Waals surface area contributed by atoms with Gasteiger partial charge in [-0.15, -0.1) is 0 Å². The van der Waals surface area contributed by atoms with Crippen LogP contribution in [0.1, 0.15) is 41.5 Å². The monoisotopic (exact) mass is 316 g/mol. The number of hydrogen-bond donors (Lipinski definition) is 1. The number of carbonyl (C=O) groups is 2. The van der Waals surface area contributed by atoms with Gasteiger partial charge in [0.05, 0.1) is 19.7 Å². The van der Waals surface area contributed by atoms with E-state index in [9.17, 15) is 14.7 Å². The summed E-state index contributed by atoms with van der Waals surface area (Å²) in [6.07, 6.45) is -0.973. The number of nitrogens with zero attached hydrogens (tertiary/aromatic N) is 2. The highest BCUT2D eigenvalue weighted by Crippen LogP contribution is 2.29. The fraction of sp³-hybridized carbons (Fsp3) is 0.867. The van der Waals surface area contributed by atoms with Gasteiger partial charge in [-0.3, -0.25) is 4.90 Å². The maximum atomic E-state index is 12.1. The van der Waals surface area contributed by atoms with Crippen LogP contribution in [0.25, 0.3) is 0 Å². The molecule has 0 bridgehead atoms. The molecule has 1 N–H and O–H groups in total. The molecule has 0 spiro atoms.